The Hall–Kier alpha value is -4.37. The standard InChI is InChI=1S/C30H25N5O/c1-19-23-14-13-22-27(25-11-7-8-16-32-25)34-35(29(22)30(23,2)17-26(31-3)28(19)36)21-12-15-24(33-18-21)20-9-5-4-6-10-20/h4-12,15-19,23H,13-14H2,1-2H3/t19-,23-,30-/m1/s1. The second-order valence-corrected chi connectivity index (χ2v) is 9.79. The fourth-order valence-corrected chi connectivity index (χ4v) is 6.01. The molecule has 0 fully saturated rings. The monoisotopic (exact) mass is 471 g/mol. The number of pyridine rings is 2. The van der Waals surface area contributed by atoms with Crippen LogP contribution in [-0.4, -0.2) is 25.5 Å². The predicted octanol–water partition coefficient (Wildman–Crippen LogP) is 5.84. The molecule has 6 nitrogen and oxygen atoms in total. The third-order valence-corrected chi connectivity index (χ3v) is 7.77. The molecule has 0 unspecified atom stereocenters. The number of nitrogens with zero attached hydrogens (tertiary/aromatic N) is 5. The van der Waals surface area contributed by atoms with E-state index in [2.05, 4.69) is 16.8 Å². The lowest BCUT2D eigenvalue weighted by Gasteiger charge is -2.45. The minimum Gasteiger partial charge on any atom is -0.308 e. The Kier molecular flexibility index (Phi) is 5.15. The van der Waals surface area contributed by atoms with Crippen LogP contribution in [0.4, 0.5) is 0 Å². The molecule has 0 spiro atoms. The van der Waals surface area contributed by atoms with Crippen molar-refractivity contribution in [3.05, 3.63) is 108 Å². The van der Waals surface area contributed by atoms with Gasteiger partial charge in [-0.05, 0) is 43.0 Å². The number of aromatic nitrogens is 4. The molecule has 0 bridgehead atoms. The van der Waals surface area contributed by atoms with E-state index in [4.69, 9.17) is 16.7 Å². The van der Waals surface area contributed by atoms with Gasteiger partial charge in [-0.3, -0.25) is 9.97 Å². The van der Waals surface area contributed by atoms with Crippen molar-refractivity contribution in [1.29, 1.82) is 0 Å². The number of carbonyl (C=O) groups excluding carboxylic acids is 1. The number of ketones is 1. The molecule has 0 radical (unpaired) electrons. The van der Waals surface area contributed by atoms with Crippen LogP contribution < -0.4 is 0 Å². The van der Waals surface area contributed by atoms with E-state index < -0.39 is 5.41 Å². The van der Waals surface area contributed by atoms with Gasteiger partial charge in [-0.15, -0.1) is 0 Å². The SMILES string of the molecule is [C-]#[N+]C1=C[C@@]2(C)c3c(c(-c4ccccn4)nn3-c3ccc(-c4ccccc4)nc3)CC[C@@H]2[C@@H](C)C1=O. The van der Waals surface area contributed by atoms with Crippen molar-refractivity contribution in [3.8, 4) is 28.3 Å². The Bertz CT molecular complexity index is 1530. The summed E-state index contributed by atoms with van der Waals surface area (Å²) in [6.07, 6.45) is 7.17. The molecular weight excluding hydrogens is 446 g/mol. The second kappa shape index (κ2) is 8.39. The van der Waals surface area contributed by atoms with Crippen molar-refractivity contribution >= 4 is 5.78 Å². The van der Waals surface area contributed by atoms with Gasteiger partial charge in [0.2, 0.25) is 5.70 Å². The number of fused-ring (bicyclic) bond motifs is 3. The van der Waals surface area contributed by atoms with Crippen LogP contribution in [0.1, 0.15) is 31.5 Å². The van der Waals surface area contributed by atoms with Gasteiger partial charge in [0.05, 0.1) is 35.5 Å². The van der Waals surface area contributed by atoms with Crippen molar-refractivity contribution in [3.63, 3.8) is 0 Å². The minimum atomic E-state index is -0.515. The van der Waals surface area contributed by atoms with Crippen LogP contribution in [0.2, 0.25) is 0 Å². The zero-order chi connectivity index (χ0) is 24.9. The highest BCUT2D eigenvalue weighted by Crippen LogP contribution is 2.52. The molecule has 0 amide bonds. The maximum Gasteiger partial charge on any atom is 0.226 e. The van der Waals surface area contributed by atoms with Crippen molar-refractivity contribution in [2.45, 2.75) is 32.1 Å². The molecule has 4 aromatic rings. The number of Topliss-reactive ketones (excluding diaryl/α,β-unsaturated/α-hetero) is 1. The van der Waals surface area contributed by atoms with Gasteiger partial charge in [-0.25, -0.2) is 9.53 Å². The van der Waals surface area contributed by atoms with Crippen molar-refractivity contribution < 1.29 is 4.79 Å². The number of rotatable bonds is 3. The van der Waals surface area contributed by atoms with Gasteiger partial charge in [-0.1, -0.05) is 56.3 Å². The average Bonchev–Trinajstić information content (AvgIpc) is 3.33. The van der Waals surface area contributed by atoms with Crippen molar-refractivity contribution in [2.75, 3.05) is 0 Å². The number of carbonyl (C=O) groups is 1. The highest BCUT2D eigenvalue weighted by atomic mass is 16.1. The van der Waals surface area contributed by atoms with Crippen LogP contribution in [0, 0.1) is 18.4 Å². The van der Waals surface area contributed by atoms with Gasteiger partial charge in [0, 0.05) is 28.7 Å². The molecule has 0 N–H and O–H groups in total. The van der Waals surface area contributed by atoms with E-state index in [1.165, 1.54) is 0 Å². The molecule has 3 heterocycles. The van der Waals surface area contributed by atoms with E-state index in [1.54, 1.807) is 6.20 Å². The Balaban J connectivity index is 1.57. The van der Waals surface area contributed by atoms with E-state index in [0.29, 0.717) is 0 Å². The van der Waals surface area contributed by atoms with E-state index in [9.17, 15) is 4.79 Å². The molecule has 0 saturated heterocycles. The smallest absolute Gasteiger partial charge is 0.226 e. The lowest BCUT2D eigenvalue weighted by molar-refractivity contribution is -0.121. The fourth-order valence-electron chi connectivity index (χ4n) is 6.01. The Morgan fingerprint density at radius 1 is 1.03 bits per heavy atom. The third-order valence-electron chi connectivity index (χ3n) is 7.77. The molecule has 6 heteroatoms. The number of hydrogen-bond donors (Lipinski definition) is 0. The summed E-state index contributed by atoms with van der Waals surface area (Å²) in [5.41, 5.74) is 6.31. The molecule has 0 aliphatic heterocycles. The first-order valence-corrected chi connectivity index (χ1v) is 12.2. The highest BCUT2D eigenvalue weighted by Gasteiger charge is 2.50. The molecular formula is C30H25N5O. The Morgan fingerprint density at radius 2 is 1.83 bits per heavy atom. The third kappa shape index (κ3) is 3.31. The molecule has 1 aromatic carbocycles. The largest absolute Gasteiger partial charge is 0.308 e. The minimum absolute atomic E-state index is 0.0548. The lowest BCUT2D eigenvalue weighted by atomic mass is 9.58. The van der Waals surface area contributed by atoms with Crippen LogP contribution in [0.5, 0.6) is 0 Å². The quantitative estimate of drug-likeness (QED) is 0.352. The molecule has 2 aliphatic carbocycles. The second-order valence-electron chi connectivity index (χ2n) is 9.79. The molecule has 36 heavy (non-hydrogen) atoms. The summed E-state index contributed by atoms with van der Waals surface area (Å²) in [7, 11) is 0. The first-order chi connectivity index (χ1) is 17.5. The van der Waals surface area contributed by atoms with Gasteiger partial charge >= 0.3 is 0 Å². The maximum atomic E-state index is 12.9. The number of benzene rings is 1. The summed E-state index contributed by atoms with van der Waals surface area (Å²) in [6, 6.07) is 20.0. The van der Waals surface area contributed by atoms with E-state index in [0.717, 1.165) is 52.4 Å². The number of hydrogen-bond acceptors (Lipinski definition) is 4. The van der Waals surface area contributed by atoms with Crippen LogP contribution in [0.3, 0.4) is 0 Å². The fraction of sp³-hybridized carbons (Fsp3) is 0.233. The number of allylic oxidation sites excluding steroid dienone is 2. The molecule has 3 atom stereocenters. The summed E-state index contributed by atoms with van der Waals surface area (Å²) in [5.74, 6) is -0.190. The van der Waals surface area contributed by atoms with E-state index in [1.807, 2.05) is 84.5 Å². The van der Waals surface area contributed by atoms with Crippen LogP contribution >= 0.6 is 0 Å². The van der Waals surface area contributed by atoms with E-state index in [-0.39, 0.29) is 23.3 Å². The van der Waals surface area contributed by atoms with E-state index >= 15 is 0 Å². The highest BCUT2D eigenvalue weighted by molar-refractivity contribution is 6.00. The molecule has 2 aliphatic rings. The molecule has 0 saturated carbocycles. The van der Waals surface area contributed by atoms with Crippen LogP contribution in [0.25, 0.3) is 33.2 Å². The Labute approximate surface area is 210 Å². The maximum absolute atomic E-state index is 12.9. The summed E-state index contributed by atoms with van der Waals surface area (Å²) >= 11 is 0. The molecule has 3 aromatic heterocycles. The first-order valence-electron chi connectivity index (χ1n) is 12.2. The molecule has 176 valence electrons. The van der Waals surface area contributed by atoms with Gasteiger partial charge in [0.1, 0.15) is 5.69 Å². The lowest BCUT2D eigenvalue weighted by Crippen LogP contribution is -2.46. The summed E-state index contributed by atoms with van der Waals surface area (Å²) < 4.78 is 1.97. The predicted molar refractivity (Wildman–Crippen MR) is 138 cm³/mol. The van der Waals surface area contributed by atoms with Gasteiger partial charge in [0.15, 0.2) is 5.78 Å². The summed E-state index contributed by atoms with van der Waals surface area (Å²) in [6.45, 7) is 11.8. The van der Waals surface area contributed by atoms with Gasteiger partial charge < -0.3 is 4.79 Å². The molecule has 6 rings (SSSR count). The zero-order valence-electron chi connectivity index (χ0n) is 20.2. The normalized spacial score (nSPS) is 22.8. The average molecular weight is 472 g/mol. The van der Waals surface area contributed by atoms with Crippen molar-refractivity contribution in [1.82, 2.24) is 19.7 Å². The van der Waals surface area contributed by atoms with Gasteiger partial charge in [-0.2, -0.15) is 5.10 Å². The first kappa shape index (κ1) is 22.1. The van der Waals surface area contributed by atoms with Gasteiger partial charge in [0.25, 0.3) is 0 Å². The summed E-state index contributed by atoms with van der Waals surface area (Å²) in [4.78, 5) is 25.8. The zero-order valence-corrected chi connectivity index (χ0v) is 20.2. The van der Waals surface area contributed by atoms with Crippen molar-refractivity contribution in [2.24, 2.45) is 11.8 Å². The Morgan fingerprint density at radius 3 is 2.53 bits per heavy atom. The summed E-state index contributed by atoms with van der Waals surface area (Å²) in [5, 5.41) is 5.09. The van der Waals surface area contributed by atoms with Crippen LogP contribution in [-0.2, 0) is 16.6 Å². The topological polar surface area (TPSA) is 65.0 Å². The van der Waals surface area contributed by atoms with Crippen LogP contribution in [0.15, 0.2) is 84.8 Å².